The van der Waals surface area contributed by atoms with Crippen molar-refractivity contribution >= 4 is 11.6 Å². The van der Waals surface area contributed by atoms with E-state index >= 15 is 0 Å². The number of rotatable bonds is 2. The van der Waals surface area contributed by atoms with Crippen molar-refractivity contribution in [1.29, 1.82) is 0 Å². The lowest BCUT2D eigenvalue weighted by Crippen LogP contribution is -2.45. The Labute approximate surface area is 94.8 Å². The fourth-order valence-corrected chi connectivity index (χ4v) is 1.94. The minimum Gasteiger partial charge on any atom is -0.372 e. The zero-order valence-electron chi connectivity index (χ0n) is 9.55. The molecular formula is C10H17N5O. The molecular weight excluding hydrogens is 206 g/mol. The topological polar surface area (TPSA) is 76.3 Å². The summed E-state index contributed by atoms with van der Waals surface area (Å²) in [5.41, 5.74) is 2.50. The average Bonchev–Trinajstić information content (AvgIpc) is 2.28. The first-order valence-corrected chi connectivity index (χ1v) is 5.38. The Morgan fingerprint density at radius 3 is 2.69 bits per heavy atom. The normalized spacial score (nSPS) is 25.6. The molecule has 2 atom stereocenters. The van der Waals surface area contributed by atoms with E-state index in [1.807, 2.05) is 0 Å². The van der Waals surface area contributed by atoms with Gasteiger partial charge in [-0.1, -0.05) is 0 Å². The number of hydrogen-bond donors (Lipinski definition) is 2. The van der Waals surface area contributed by atoms with Gasteiger partial charge in [-0.05, 0) is 13.8 Å². The Morgan fingerprint density at radius 1 is 1.38 bits per heavy atom. The van der Waals surface area contributed by atoms with Crippen LogP contribution < -0.4 is 16.2 Å². The predicted molar refractivity (Wildman–Crippen MR) is 62.1 cm³/mol. The molecule has 0 unspecified atom stereocenters. The van der Waals surface area contributed by atoms with Gasteiger partial charge >= 0.3 is 0 Å². The maximum atomic E-state index is 5.66. The number of hydrogen-bond acceptors (Lipinski definition) is 6. The monoisotopic (exact) mass is 223 g/mol. The van der Waals surface area contributed by atoms with E-state index < -0.39 is 0 Å². The summed E-state index contributed by atoms with van der Waals surface area (Å²) >= 11 is 0. The smallest absolute Gasteiger partial charge is 0.160 e. The van der Waals surface area contributed by atoms with E-state index in [9.17, 15) is 0 Å². The number of nitrogens with two attached hydrogens (primary N) is 1. The summed E-state index contributed by atoms with van der Waals surface area (Å²) in [6, 6.07) is 0. The van der Waals surface area contributed by atoms with Crippen molar-refractivity contribution in [2.24, 2.45) is 5.84 Å². The van der Waals surface area contributed by atoms with Crippen LogP contribution in [0.25, 0.3) is 0 Å². The zero-order chi connectivity index (χ0) is 11.5. The fraction of sp³-hybridized carbons (Fsp3) is 0.600. The summed E-state index contributed by atoms with van der Waals surface area (Å²) in [6.45, 7) is 5.77. The van der Waals surface area contributed by atoms with Gasteiger partial charge in [0.2, 0.25) is 0 Å². The second kappa shape index (κ2) is 4.63. The SMILES string of the molecule is C[C@@H]1CN(c2cncc(NN)n2)C[C@H](C)O1. The van der Waals surface area contributed by atoms with Crippen LogP contribution in [0.15, 0.2) is 12.4 Å². The molecule has 0 spiro atoms. The molecule has 2 rings (SSSR count). The van der Waals surface area contributed by atoms with Gasteiger partial charge in [-0.3, -0.25) is 4.98 Å². The van der Waals surface area contributed by atoms with Crippen LogP contribution in [0.3, 0.4) is 0 Å². The van der Waals surface area contributed by atoms with Crippen LogP contribution in [-0.2, 0) is 4.74 Å². The van der Waals surface area contributed by atoms with E-state index in [4.69, 9.17) is 10.6 Å². The van der Waals surface area contributed by atoms with Crippen molar-refractivity contribution < 1.29 is 4.74 Å². The van der Waals surface area contributed by atoms with Gasteiger partial charge in [0.25, 0.3) is 0 Å². The molecule has 1 aliphatic rings. The Bertz CT molecular complexity index is 349. The number of aromatic nitrogens is 2. The maximum absolute atomic E-state index is 5.66. The van der Waals surface area contributed by atoms with Crippen LogP contribution in [0.2, 0.25) is 0 Å². The first kappa shape index (κ1) is 11.1. The second-order valence-electron chi connectivity index (χ2n) is 4.07. The van der Waals surface area contributed by atoms with Crippen LogP contribution in [0.5, 0.6) is 0 Å². The van der Waals surface area contributed by atoms with Gasteiger partial charge in [-0.25, -0.2) is 10.8 Å². The quantitative estimate of drug-likeness (QED) is 0.557. The average molecular weight is 223 g/mol. The first-order valence-electron chi connectivity index (χ1n) is 5.38. The number of nitrogens with zero attached hydrogens (tertiary/aromatic N) is 3. The predicted octanol–water partition coefficient (Wildman–Crippen LogP) is 0.376. The molecule has 3 N–H and O–H groups in total. The number of ether oxygens (including phenoxy) is 1. The molecule has 6 nitrogen and oxygen atoms in total. The van der Waals surface area contributed by atoms with Gasteiger partial charge in [-0.2, -0.15) is 0 Å². The summed E-state index contributed by atoms with van der Waals surface area (Å²) in [7, 11) is 0. The van der Waals surface area contributed by atoms with Gasteiger partial charge in [-0.15, -0.1) is 0 Å². The van der Waals surface area contributed by atoms with E-state index in [2.05, 4.69) is 34.1 Å². The summed E-state index contributed by atoms with van der Waals surface area (Å²) in [4.78, 5) is 10.6. The number of nitrogen functional groups attached to an aromatic ring is 1. The Kier molecular flexibility index (Phi) is 3.21. The van der Waals surface area contributed by atoms with Crippen LogP contribution >= 0.6 is 0 Å². The molecule has 0 aliphatic carbocycles. The largest absolute Gasteiger partial charge is 0.372 e. The lowest BCUT2D eigenvalue weighted by molar-refractivity contribution is -0.00547. The molecule has 1 fully saturated rings. The van der Waals surface area contributed by atoms with Crippen molar-refractivity contribution in [1.82, 2.24) is 9.97 Å². The van der Waals surface area contributed by atoms with Crippen molar-refractivity contribution in [3.8, 4) is 0 Å². The molecule has 16 heavy (non-hydrogen) atoms. The molecule has 0 amide bonds. The third-order valence-corrected chi connectivity index (χ3v) is 2.51. The number of morpholine rings is 1. The van der Waals surface area contributed by atoms with E-state index in [0.29, 0.717) is 5.82 Å². The third kappa shape index (κ3) is 2.40. The Balaban J connectivity index is 2.16. The van der Waals surface area contributed by atoms with Gasteiger partial charge in [0.05, 0.1) is 24.6 Å². The van der Waals surface area contributed by atoms with E-state index in [1.54, 1.807) is 12.4 Å². The summed E-state index contributed by atoms with van der Waals surface area (Å²) in [5, 5.41) is 0. The van der Waals surface area contributed by atoms with E-state index in [-0.39, 0.29) is 12.2 Å². The Morgan fingerprint density at radius 2 is 2.06 bits per heavy atom. The van der Waals surface area contributed by atoms with Crippen molar-refractivity contribution in [3.05, 3.63) is 12.4 Å². The molecule has 2 heterocycles. The molecule has 88 valence electrons. The van der Waals surface area contributed by atoms with Gasteiger partial charge < -0.3 is 15.1 Å². The van der Waals surface area contributed by atoms with Crippen molar-refractivity contribution in [3.63, 3.8) is 0 Å². The minimum atomic E-state index is 0.208. The number of hydrazine groups is 1. The highest BCUT2D eigenvalue weighted by Gasteiger charge is 2.23. The second-order valence-corrected chi connectivity index (χ2v) is 4.07. The molecule has 6 heteroatoms. The highest BCUT2D eigenvalue weighted by atomic mass is 16.5. The molecule has 0 radical (unpaired) electrons. The molecule has 1 aromatic rings. The summed E-state index contributed by atoms with van der Waals surface area (Å²) in [6.07, 6.45) is 3.75. The zero-order valence-corrected chi connectivity index (χ0v) is 9.55. The Hall–Kier alpha value is -1.40. The van der Waals surface area contributed by atoms with Crippen LogP contribution in [0.4, 0.5) is 11.6 Å². The highest BCUT2D eigenvalue weighted by Crippen LogP contribution is 2.18. The van der Waals surface area contributed by atoms with Crippen molar-refractivity contribution in [2.45, 2.75) is 26.1 Å². The molecule has 1 aliphatic heterocycles. The van der Waals surface area contributed by atoms with Gasteiger partial charge in [0.1, 0.15) is 5.82 Å². The van der Waals surface area contributed by atoms with Crippen LogP contribution in [-0.4, -0.2) is 35.3 Å². The summed E-state index contributed by atoms with van der Waals surface area (Å²) in [5.74, 6) is 6.71. The minimum absolute atomic E-state index is 0.208. The lowest BCUT2D eigenvalue weighted by Gasteiger charge is -2.35. The van der Waals surface area contributed by atoms with Crippen molar-refractivity contribution in [2.75, 3.05) is 23.4 Å². The standard InChI is InChI=1S/C10H17N5O/c1-7-5-15(6-8(2)16-7)10-4-12-3-9(13-10)14-11/h3-4,7-8H,5-6,11H2,1-2H3,(H,13,14)/t7-,8+. The number of anilines is 2. The fourth-order valence-electron chi connectivity index (χ4n) is 1.94. The van der Waals surface area contributed by atoms with Gasteiger partial charge in [0, 0.05) is 13.1 Å². The molecule has 1 aromatic heterocycles. The molecule has 0 bridgehead atoms. The molecule has 1 saturated heterocycles. The van der Waals surface area contributed by atoms with E-state index in [1.165, 1.54) is 0 Å². The molecule has 0 saturated carbocycles. The third-order valence-electron chi connectivity index (χ3n) is 2.51. The summed E-state index contributed by atoms with van der Waals surface area (Å²) < 4.78 is 5.66. The van der Waals surface area contributed by atoms with Crippen LogP contribution in [0.1, 0.15) is 13.8 Å². The molecule has 0 aromatic carbocycles. The van der Waals surface area contributed by atoms with E-state index in [0.717, 1.165) is 18.9 Å². The maximum Gasteiger partial charge on any atom is 0.160 e. The van der Waals surface area contributed by atoms with Gasteiger partial charge in [0.15, 0.2) is 5.82 Å². The van der Waals surface area contributed by atoms with Crippen LogP contribution in [0, 0.1) is 0 Å². The highest BCUT2D eigenvalue weighted by molar-refractivity contribution is 5.43. The number of nitrogens with one attached hydrogen (secondary N) is 1. The lowest BCUT2D eigenvalue weighted by atomic mass is 10.2. The first-order chi connectivity index (χ1) is 7.69.